The number of ether oxygens (including phenoxy) is 6. The molecule has 2 heterocycles. The molecule has 0 N–H and O–H groups in total. The van der Waals surface area contributed by atoms with E-state index in [1.54, 1.807) is 38.5 Å². The molecule has 0 aromatic heterocycles. The van der Waals surface area contributed by atoms with Crippen molar-refractivity contribution in [2.45, 2.75) is 146 Å². The molecule has 6 rings (SSSR count). The normalized spacial score (nSPS) is 21.2. The second kappa shape index (κ2) is 21.7. The molecule has 5 atom stereocenters. The molecular weight excluding hydrogens is 853 g/mol. The van der Waals surface area contributed by atoms with Gasteiger partial charge in [0, 0.05) is 45.3 Å². The van der Waals surface area contributed by atoms with E-state index in [9.17, 15) is 9.59 Å². The molecule has 352 valence electrons. The van der Waals surface area contributed by atoms with Gasteiger partial charge in [-0.25, -0.2) is 4.79 Å². The number of ketones is 1. The maximum Gasteiger partial charge on any atom is 0.338 e. The predicted octanol–water partition coefficient (Wildman–Crippen LogP) is 10.2. The van der Waals surface area contributed by atoms with E-state index < -0.39 is 40.6 Å². The third-order valence-electron chi connectivity index (χ3n) is 13.4. The summed E-state index contributed by atoms with van der Waals surface area (Å²) in [7, 11) is -1.68. The molecule has 1 spiro atoms. The minimum atomic E-state index is -2.82. The number of hydrogen-bond donors (Lipinski definition) is 0. The SMILES string of the molecule is COc1ccc(CO[C@@H]2C[C@H](CCO[Si](c3ccccc3)(c3ccccc3)C(C)(C)C)O[C@]3(CC(=O)C[C@H](C[C@@H](CCO[Si](C)(C)C(C)(C)C)OC(=O)c4ccc(OC)cc4)O3)C2)cc1. The van der Waals surface area contributed by atoms with Crippen molar-refractivity contribution in [2.75, 3.05) is 27.4 Å². The van der Waals surface area contributed by atoms with Crippen molar-refractivity contribution >= 4 is 38.8 Å². The van der Waals surface area contributed by atoms with Crippen molar-refractivity contribution in [2.24, 2.45) is 0 Å². The van der Waals surface area contributed by atoms with Gasteiger partial charge in [-0.05, 0) is 81.9 Å². The van der Waals surface area contributed by atoms with Gasteiger partial charge in [-0.15, -0.1) is 0 Å². The Hall–Kier alpha value is -4.15. The molecule has 0 radical (unpaired) electrons. The molecule has 0 unspecified atom stereocenters. The van der Waals surface area contributed by atoms with E-state index in [0.717, 1.165) is 11.3 Å². The van der Waals surface area contributed by atoms with Crippen LogP contribution in [-0.4, -0.2) is 86.0 Å². The monoisotopic (exact) mass is 924 g/mol. The molecule has 0 amide bonds. The van der Waals surface area contributed by atoms with E-state index >= 15 is 0 Å². The van der Waals surface area contributed by atoms with Gasteiger partial charge < -0.3 is 37.3 Å². The number of carbonyl (C=O) groups is 2. The van der Waals surface area contributed by atoms with Gasteiger partial charge >= 0.3 is 5.97 Å². The maximum atomic E-state index is 13.9. The van der Waals surface area contributed by atoms with Crippen LogP contribution in [0.25, 0.3) is 0 Å². The number of methoxy groups -OCH3 is 2. The van der Waals surface area contributed by atoms with Crippen LogP contribution in [0.15, 0.2) is 109 Å². The lowest BCUT2D eigenvalue weighted by atomic mass is 9.88. The van der Waals surface area contributed by atoms with E-state index in [2.05, 4.69) is 103 Å². The first-order valence-electron chi connectivity index (χ1n) is 23.2. The van der Waals surface area contributed by atoms with Gasteiger partial charge in [0.15, 0.2) is 14.1 Å². The zero-order valence-corrected chi connectivity index (χ0v) is 42.4. The van der Waals surface area contributed by atoms with Gasteiger partial charge in [0.05, 0.1) is 51.1 Å². The topological polar surface area (TPSA) is 108 Å². The molecule has 10 nitrogen and oxygen atoms in total. The number of Topliss-reactive ketones (excluding diaryl/α,β-unsaturated/α-hetero) is 1. The van der Waals surface area contributed by atoms with Crippen LogP contribution >= 0.6 is 0 Å². The molecule has 0 aliphatic carbocycles. The molecule has 2 aliphatic heterocycles. The Labute approximate surface area is 389 Å². The summed E-state index contributed by atoms with van der Waals surface area (Å²) in [5.41, 5.74) is 1.42. The van der Waals surface area contributed by atoms with Gasteiger partial charge in [0.25, 0.3) is 8.32 Å². The fourth-order valence-electron chi connectivity index (χ4n) is 8.93. The molecule has 0 bridgehead atoms. The van der Waals surface area contributed by atoms with E-state index in [1.165, 1.54) is 10.4 Å². The Morgan fingerprint density at radius 3 is 1.86 bits per heavy atom. The van der Waals surface area contributed by atoms with Gasteiger partial charge in [0.2, 0.25) is 0 Å². The fraction of sp³-hybridized carbons (Fsp3) is 0.509. The molecule has 4 aromatic carbocycles. The summed E-state index contributed by atoms with van der Waals surface area (Å²) in [5, 5.41) is 2.24. The molecular formula is C53H72O10Si2. The van der Waals surface area contributed by atoms with E-state index in [1.807, 2.05) is 36.4 Å². The first kappa shape index (κ1) is 50.3. The van der Waals surface area contributed by atoms with Gasteiger partial charge in [-0.2, -0.15) is 0 Å². The Morgan fingerprint density at radius 1 is 0.738 bits per heavy atom. The highest BCUT2D eigenvalue weighted by Gasteiger charge is 2.52. The minimum Gasteiger partial charge on any atom is -0.497 e. The second-order valence-corrected chi connectivity index (χ2v) is 29.3. The molecule has 12 heteroatoms. The van der Waals surface area contributed by atoms with Crippen LogP contribution in [0.4, 0.5) is 0 Å². The van der Waals surface area contributed by atoms with E-state index in [4.69, 9.17) is 37.3 Å². The number of hydrogen-bond acceptors (Lipinski definition) is 10. The first-order chi connectivity index (χ1) is 30.8. The zero-order chi connectivity index (χ0) is 46.9. The highest BCUT2D eigenvalue weighted by atomic mass is 28.4. The van der Waals surface area contributed by atoms with Gasteiger partial charge in [-0.3, -0.25) is 4.79 Å². The highest BCUT2D eigenvalue weighted by Crippen LogP contribution is 2.43. The Balaban J connectivity index is 1.24. The summed E-state index contributed by atoms with van der Waals surface area (Å²) in [6.45, 7) is 19.1. The maximum absolute atomic E-state index is 13.9. The second-order valence-electron chi connectivity index (χ2n) is 20.2. The summed E-state index contributed by atoms with van der Waals surface area (Å²) in [5.74, 6) is -0.222. The molecule has 65 heavy (non-hydrogen) atoms. The van der Waals surface area contributed by atoms with Crippen LogP contribution in [0, 0.1) is 0 Å². The van der Waals surface area contributed by atoms with Crippen LogP contribution in [0.5, 0.6) is 11.5 Å². The Bertz CT molecular complexity index is 2080. The van der Waals surface area contributed by atoms with Crippen LogP contribution in [0.3, 0.4) is 0 Å². The molecule has 2 aliphatic rings. The van der Waals surface area contributed by atoms with Crippen molar-refractivity contribution < 1.29 is 46.9 Å². The van der Waals surface area contributed by atoms with Crippen molar-refractivity contribution in [3.63, 3.8) is 0 Å². The largest absolute Gasteiger partial charge is 0.497 e. The molecule has 2 saturated heterocycles. The van der Waals surface area contributed by atoms with Crippen molar-refractivity contribution in [1.29, 1.82) is 0 Å². The van der Waals surface area contributed by atoms with E-state index in [-0.39, 0.29) is 40.9 Å². The summed E-state index contributed by atoms with van der Waals surface area (Å²) in [6.07, 6.45) is 0.865. The lowest BCUT2D eigenvalue weighted by molar-refractivity contribution is -0.324. The van der Waals surface area contributed by atoms with Crippen molar-refractivity contribution in [3.05, 3.63) is 120 Å². The fourth-order valence-corrected chi connectivity index (χ4v) is 14.6. The summed E-state index contributed by atoms with van der Waals surface area (Å²) in [4.78, 5) is 27.6. The van der Waals surface area contributed by atoms with Crippen LogP contribution in [0.1, 0.15) is 102 Å². The summed E-state index contributed by atoms with van der Waals surface area (Å²) >= 11 is 0. The van der Waals surface area contributed by atoms with Gasteiger partial charge in [-0.1, -0.05) is 114 Å². The third kappa shape index (κ3) is 12.9. The van der Waals surface area contributed by atoms with Crippen LogP contribution in [-0.2, 0) is 39.2 Å². The average molecular weight is 925 g/mol. The lowest BCUT2D eigenvalue weighted by Gasteiger charge is -2.48. The first-order valence-corrected chi connectivity index (χ1v) is 28.0. The van der Waals surface area contributed by atoms with Crippen LogP contribution < -0.4 is 19.8 Å². The molecule has 4 aromatic rings. The van der Waals surface area contributed by atoms with Crippen molar-refractivity contribution in [1.82, 2.24) is 0 Å². The number of benzene rings is 4. The number of rotatable bonds is 19. The van der Waals surface area contributed by atoms with Crippen LogP contribution in [0.2, 0.25) is 23.2 Å². The third-order valence-corrected chi connectivity index (χ3v) is 23.0. The predicted molar refractivity (Wildman–Crippen MR) is 260 cm³/mol. The number of carbonyl (C=O) groups excluding carboxylic acids is 2. The van der Waals surface area contributed by atoms with E-state index in [0.29, 0.717) is 63.2 Å². The smallest absolute Gasteiger partial charge is 0.338 e. The Kier molecular flexibility index (Phi) is 16.7. The van der Waals surface area contributed by atoms with Crippen molar-refractivity contribution in [3.8, 4) is 11.5 Å². The highest BCUT2D eigenvalue weighted by molar-refractivity contribution is 6.99. The zero-order valence-electron chi connectivity index (χ0n) is 40.4. The lowest BCUT2D eigenvalue weighted by Crippen LogP contribution is -2.66. The average Bonchev–Trinajstić information content (AvgIpc) is 3.26. The minimum absolute atomic E-state index is 0.0129. The number of esters is 1. The quantitative estimate of drug-likeness (QED) is 0.0666. The Morgan fingerprint density at radius 2 is 1.31 bits per heavy atom. The molecule has 0 saturated carbocycles. The standard InChI is InChI=1S/C53H72O10Si2/c1-51(2,3)64(9,10)59-31-29-44(61-50(55)40-23-27-43(57-8)28-24-40)34-46-33-41(54)36-53(63-46)37-47(58-38-39-21-25-42(56-7)26-22-39)35-45(62-53)30-32-60-65(52(4,5)6,48-17-13-11-14-18-48)49-19-15-12-16-20-49/h11-28,44-47H,29-38H2,1-10H3/t44-,45+,46-,47-,53+/m1/s1. The van der Waals surface area contributed by atoms with Gasteiger partial charge in [0.1, 0.15) is 23.4 Å². The summed E-state index contributed by atoms with van der Waals surface area (Å²) < 4.78 is 51.5. The summed E-state index contributed by atoms with van der Waals surface area (Å²) in [6, 6.07) is 36.0. The molecule has 2 fully saturated rings.